The van der Waals surface area contributed by atoms with Crippen molar-refractivity contribution in [1.82, 2.24) is 10.6 Å². The van der Waals surface area contributed by atoms with E-state index < -0.39 is 0 Å². The lowest BCUT2D eigenvalue weighted by Crippen LogP contribution is -2.54. The van der Waals surface area contributed by atoms with Gasteiger partial charge in [0.1, 0.15) is 0 Å². The summed E-state index contributed by atoms with van der Waals surface area (Å²) in [5, 5.41) is 6.49. The van der Waals surface area contributed by atoms with Gasteiger partial charge in [-0.1, -0.05) is 60.7 Å². The molecular weight excluding hydrogens is 260 g/mol. The highest BCUT2D eigenvalue weighted by molar-refractivity contribution is 5.79. The van der Waals surface area contributed by atoms with Crippen LogP contribution in [0, 0.1) is 0 Å². The first-order valence-corrected chi connectivity index (χ1v) is 7.44. The molecule has 1 aliphatic heterocycles. The zero-order valence-electron chi connectivity index (χ0n) is 12.0. The summed E-state index contributed by atoms with van der Waals surface area (Å²) in [5.74, 6) is 0.0836. The van der Waals surface area contributed by atoms with Gasteiger partial charge in [-0.2, -0.15) is 0 Å². The molecule has 0 aliphatic carbocycles. The maximum absolute atomic E-state index is 11.7. The summed E-state index contributed by atoms with van der Waals surface area (Å²) < 4.78 is 0. The van der Waals surface area contributed by atoms with Gasteiger partial charge in [-0.05, 0) is 24.0 Å². The van der Waals surface area contributed by atoms with Gasteiger partial charge >= 0.3 is 0 Å². The Kier molecular flexibility index (Phi) is 4.31. The molecule has 2 N–H and O–H groups in total. The minimum Gasteiger partial charge on any atom is -0.350 e. The van der Waals surface area contributed by atoms with E-state index in [0.717, 1.165) is 12.8 Å². The van der Waals surface area contributed by atoms with Crippen molar-refractivity contribution in [3.05, 3.63) is 71.8 Å². The van der Waals surface area contributed by atoms with Crippen molar-refractivity contribution in [2.24, 2.45) is 0 Å². The monoisotopic (exact) mass is 280 g/mol. The molecule has 0 saturated carbocycles. The van der Waals surface area contributed by atoms with E-state index in [9.17, 15) is 4.79 Å². The van der Waals surface area contributed by atoms with Gasteiger partial charge in [-0.25, -0.2) is 0 Å². The number of carbonyl (C=O) groups is 1. The third-order valence-electron chi connectivity index (χ3n) is 3.98. The first-order valence-electron chi connectivity index (χ1n) is 7.44. The van der Waals surface area contributed by atoms with E-state index >= 15 is 0 Å². The number of nitrogens with one attached hydrogen (secondary N) is 2. The van der Waals surface area contributed by atoms with Gasteiger partial charge in [0.15, 0.2) is 0 Å². The van der Waals surface area contributed by atoms with Crippen LogP contribution in [0.25, 0.3) is 0 Å². The molecule has 3 rings (SSSR count). The van der Waals surface area contributed by atoms with E-state index in [4.69, 9.17) is 0 Å². The number of rotatable bonds is 4. The van der Waals surface area contributed by atoms with Crippen LogP contribution in [0.5, 0.6) is 0 Å². The molecule has 0 radical (unpaired) electrons. The third-order valence-corrected chi connectivity index (χ3v) is 3.98. The lowest BCUT2D eigenvalue weighted by Gasteiger charge is -2.33. The standard InChI is InChI=1S/C18H20N2O/c21-17-13-19-18(15-9-5-2-6-10-15)16(20-17)12-11-14-7-3-1-4-8-14/h1-10,16,18-19H,11-13H2,(H,20,21). The van der Waals surface area contributed by atoms with Crippen LogP contribution in [0.2, 0.25) is 0 Å². The molecule has 1 aliphatic rings. The third kappa shape index (κ3) is 3.50. The van der Waals surface area contributed by atoms with Crippen molar-refractivity contribution in [1.29, 1.82) is 0 Å². The zero-order valence-corrected chi connectivity index (χ0v) is 12.0. The Morgan fingerprint density at radius 1 is 0.952 bits per heavy atom. The van der Waals surface area contributed by atoms with Crippen LogP contribution in [0.3, 0.4) is 0 Å². The van der Waals surface area contributed by atoms with Crippen molar-refractivity contribution in [2.45, 2.75) is 24.9 Å². The van der Waals surface area contributed by atoms with Crippen LogP contribution in [0.4, 0.5) is 0 Å². The Balaban J connectivity index is 1.71. The van der Waals surface area contributed by atoms with E-state index in [0.29, 0.717) is 6.54 Å². The number of hydrogen-bond donors (Lipinski definition) is 2. The average molecular weight is 280 g/mol. The van der Waals surface area contributed by atoms with Gasteiger partial charge in [-0.15, -0.1) is 0 Å². The molecule has 2 aromatic carbocycles. The van der Waals surface area contributed by atoms with Gasteiger partial charge in [-0.3, -0.25) is 10.1 Å². The van der Waals surface area contributed by atoms with Crippen LogP contribution in [0.1, 0.15) is 23.6 Å². The molecule has 3 heteroatoms. The summed E-state index contributed by atoms with van der Waals surface area (Å²) in [7, 11) is 0. The minimum absolute atomic E-state index is 0.0836. The molecule has 3 nitrogen and oxygen atoms in total. The molecule has 21 heavy (non-hydrogen) atoms. The highest BCUT2D eigenvalue weighted by Gasteiger charge is 2.28. The normalized spacial score (nSPS) is 21.8. The topological polar surface area (TPSA) is 41.1 Å². The highest BCUT2D eigenvalue weighted by atomic mass is 16.2. The van der Waals surface area contributed by atoms with Crippen LogP contribution in [-0.2, 0) is 11.2 Å². The average Bonchev–Trinajstić information content (AvgIpc) is 2.55. The number of aryl methyl sites for hydroxylation is 1. The van der Waals surface area contributed by atoms with E-state index in [1.807, 2.05) is 24.3 Å². The predicted octanol–water partition coefficient (Wildman–Crippen LogP) is 2.45. The summed E-state index contributed by atoms with van der Waals surface area (Å²) in [4.78, 5) is 11.7. The molecule has 1 saturated heterocycles. The summed E-state index contributed by atoms with van der Waals surface area (Å²) >= 11 is 0. The second kappa shape index (κ2) is 6.55. The van der Waals surface area contributed by atoms with Crippen LogP contribution in [0.15, 0.2) is 60.7 Å². The first kappa shape index (κ1) is 13.8. The molecular formula is C18H20N2O. The Hall–Kier alpha value is -2.13. The van der Waals surface area contributed by atoms with Crippen LogP contribution in [-0.4, -0.2) is 18.5 Å². The lowest BCUT2D eigenvalue weighted by atomic mass is 9.92. The maximum atomic E-state index is 11.7. The molecule has 1 fully saturated rings. The van der Waals surface area contributed by atoms with Crippen molar-refractivity contribution in [3.8, 4) is 0 Å². The smallest absolute Gasteiger partial charge is 0.234 e. The number of amides is 1. The van der Waals surface area contributed by atoms with Gasteiger partial charge in [0.2, 0.25) is 5.91 Å². The van der Waals surface area contributed by atoms with Crippen molar-refractivity contribution in [3.63, 3.8) is 0 Å². The second-order valence-electron chi connectivity index (χ2n) is 5.47. The fourth-order valence-electron chi connectivity index (χ4n) is 2.90. The van der Waals surface area contributed by atoms with Crippen LogP contribution < -0.4 is 10.6 Å². The van der Waals surface area contributed by atoms with Gasteiger partial charge in [0.05, 0.1) is 12.6 Å². The largest absolute Gasteiger partial charge is 0.350 e. The number of piperazine rings is 1. The SMILES string of the molecule is O=C1CNC(c2ccccc2)C(CCc2ccccc2)N1. The molecule has 2 aromatic rings. The van der Waals surface area contributed by atoms with Crippen LogP contribution >= 0.6 is 0 Å². The van der Waals surface area contributed by atoms with E-state index in [-0.39, 0.29) is 18.0 Å². The Morgan fingerprint density at radius 2 is 1.62 bits per heavy atom. The summed E-state index contributed by atoms with van der Waals surface area (Å²) in [6.07, 6.45) is 1.90. The first-order chi connectivity index (χ1) is 10.3. The van der Waals surface area contributed by atoms with E-state index in [1.54, 1.807) is 0 Å². The predicted molar refractivity (Wildman–Crippen MR) is 83.9 cm³/mol. The fraction of sp³-hybridized carbons (Fsp3) is 0.278. The molecule has 0 spiro atoms. The lowest BCUT2D eigenvalue weighted by molar-refractivity contribution is -0.123. The Bertz CT molecular complexity index is 583. The number of carbonyl (C=O) groups excluding carboxylic acids is 1. The van der Waals surface area contributed by atoms with Crippen molar-refractivity contribution < 1.29 is 4.79 Å². The zero-order chi connectivity index (χ0) is 14.5. The van der Waals surface area contributed by atoms with Gasteiger partial charge < -0.3 is 5.32 Å². The van der Waals surface area contributed by atoms with Gasteiger partial charge in [0.25, 0.3) is 0 Å². The molecule has 2 atom stereocenters. The summed E-state index contributed by atoms with van der Waals surface area (Å²) in [6.45, 7) is 0.390. The minimum atomic E-state index is 0.0836. The highest BCUT2D eigenvalue weighted by Crippen LogP contribution is 2.22. The second-order valence-corrected chi connectivity index (χ2v) is 5.47. The van der Waals surface area contributed by atoms with E-state index in [2.05, 4.69) is 47.0 Å². The molecule has 1 heterocycles. The fourth-order valence-corrected chi connectivity index (χ4v) is 2.90. The summed E-state index contributed by atoms with van der Waals surface area (Å²) in [6, 6.07) is 21.1. The maximum Gasteiger partial charge on any atom is 0.234 e. The Labute approximate surface area is 125 Å². The molecule has 0 aromatic heterocycles. The summed E-state index contributed by atoms with van der Waals surface area (Å²) in [5.41, 5.74) is 2.54. The van der Waals surface area contributed by atoms with Gasteiger partial charge in [0, 0.05) is 6.04 Å². The molecule has 0 bridgehead atoms. The number of hydrogen-bond acceptors (Lipinski definition) is 2. The molecule has 2 unspecified atom stereocenters. The Morgan fingerprint density at radius 3 is 2.33 bits per heavy atom. The van der Waals surface area contributed by atoms with E-state index in [1.165, 1.54) is 11.1 Å². The van der Waals surface area contributed by atoms with Crippen molar-refractivity contribution >= 4 is 5.91 Å². The van der Waals surface area contributed by atoms with Crippen molar-refractivity contribution in [2.75, 3.05) is 6.54 Å². The molecule has 1 amide bonds. The molecule has 108 valence electrons. The number of benzene rings is 2. The quantitative estimate of drug-likeness (QED) is 0.903.